The predicted octanol–water partition coefficient (Wildman–Crippen LogP) is 0.308. The highest BCUT2D eigenvalue weighted by Crippen LogP contribution is 2.23. The van der Waals surface area contributed by atoms with E-state index in [4.69, 9.17) is 9.84 Å². The minimum absolute atomic E-state index is 0.0169. The highest BCUT2D eigenvalue weighted by molar-refractivity contribution is 6.01. The van der Waals surface area contributed by atoms with Crippen LogP contribution in [0.5, 0.6) is 0 Å². The van der Waals surface area contributed by atoms with Crippen molar-refractivity contribution in [3.8, 4) is 0 Å². The molecule has 1 aliphatic heterocycles. The third-order valence-corrected chi connectivity index (χ3v) is 3.17. The molecule has 6 heteroatoms. The second-order valence-electron chi connectivity index (χ2n) is 4.73. The molecular weight excluding hydrogens is 260 g/mol. The molecule has 6 nitrogen and oxygen atoms in total. The Bertz CT molecular complexity index is 510. The first kappa shape index (κ1) is 14.5. The van der Waals surface area contributed by atoms with E-state index in [0.717, 1.165) is 11.3 Å². The third kappa shape index (κ3) is 3.34. The average Bonchev–Trinajstić information content (AvgIpc) is 2.78. The summed E-state index contributed by atoms with van der Waals surface area (Å²) in [5.41, 5.74) is 2.09. The third-order valence-electron chi connectivity index (χ3n) is 3.17. The molecule has 0 aliphatic carbocycles. The highest BCUT2D eigenvalue weighted by Gasteiger charge is 2.20. The number of hydrogen-bond acceptors (Lipinski definition) is 4. The lowest BCUT2D eigenvalue weighted by molar-refractivity contribution is -0.115. The molecule has 0 fully saturated rings. The molecule has 1 heterocycles. The van der Waals surface area contributed by atoms with Crippen molar-refractivity contribution in [2.45, 2.75) is 18.9 Å². The van der Waals surface area contributed by atoms with Crippen molar-refractivity contribution in [2.24, 2.45) is 0 Å². The van der Waals surface area contributed by atoms with Crippen molar-refractivity contribution >= 4 is 17.5 Å². The lowest BCUT2D eigenvalue weighted by Crippen LogP contribution is -2.38. The number of aliphatic hydroxyl groups excluding tert-OH is 1. The van der Waals surface area contributed by atoms with Gasteiger partial charge in [0.1, 0.15) is 0 Å². The second-order valence-corrected chi connectivity index (χ2v) is 4.73. The van der Waals surface area contributed by atoms with E-state index in [1.807, 2.05) is 0 Å². The molecule has 1 unspecified atom stereocenters. The van der Waals surface area contributed by atoms with Crippen LogP contribution in [0.25, 0.3) is 0 Å². The number of amides is 2. The Morgan fingerprint density at radius 2 is 2.35 bits per heavy atom. The number of nitrogens with one attached hydrogen (secondary N) is 2. The number of fused-ring (bicyclic) bond motifs is 1. The SMILES string of the molecule is COCC(CCO)NC(=O)c1ccc2c(c1)CC(=O)N2. The van der Waals surface area contributed by atoms with E-state index in [2.05, 4.69) is 10.6 Å². The van der Waals surface area contributed by atoms with Crippen LogP contribution in [0.15, 0.2) is 18.2 Å². The van der Waals surface area contributed by atoms with Gasteiger partial charge >= 0.3 is 0 Å². The van der Waals surface area contributed by atoms with Crippen LogP contribution in [0, 0.1) is 0 Å². The summed E-state index contributed by atoms with van der Waals surface area (Å²) in [4.78, 5) is 23.4. The Morgan fingerprint density at radius 3 is 3.05 bits per heavy atom. The molecule has 0 saturated heterocycles. The van der Waals surface area contributed by atoms with E-state index in [-0.39, 0.29) is 24.5 Å². The average molecular weight is 278 g/mol. The molecule has 0 bridgehead atoms. The number of anilines is 1. The number of benzene rings is 1. The molecule has 0 aromatic heterocycles. The van der Waals surface area contributed by atoms with Crippen LogP contribution in [0.1, 0.15) is 22.3 Å². The van der Waals surface area contributed by atoms with Gasteiger partial charge in [0.2, 0.25) is 5.91 Å². The maximum absolute atomic E-state index is 12.1. The summed E-state index contributed by atoms with van der Waals surface area (Å²) in [6, 6.07) is 4.88. The molecule has 108 valence electrons. The topological polar surface area (TPSA) is 87.7 Å². The minimum Gasteiger partial charge on any atom is -0.396 e. The van der Waals surface area contributed by atoms with Gasteiger partial charge in [0.25, 0.3) is 5.91 Å². The van der Waals surface area contributed by atoms with Gasteiger partial charge in [-0.3, -0.25) is 9.59 Å². The lowest BCUT2D eigenvalue weighted by atomic mass is 10.1. The normalized spacial score (nSPS) is 14.6. The molecule has 0 saturated carbocycles. The summed E-state index contributed by atoms with van der Waals surface area (Å²) >= 11 is 0. The van der Waals surface area contributed by atoms with Gasteiger partial charge in [-0.2, -0.15) is 0 Å². The van der Waals surface area contributed by atoms with Crippen LogP contribution < -0.4 is 10.6 Å². The fourth-order valence-corrected chi connectivity index (χ4v) is 2.19. The zero-order chi connectivity index (χ0) is 14.5. The van der Waals surface area contributed by atoms with Crippen LogP contribution >= 0.6 is 0 Å². The van der Waals surface area contributed by atoms with E-state index in [9.17, 15) is 9.59 Å². The summed E-state index contributed by atoms with van der Waals surface area (Å²) in [5, 5.41) is 14.5. The van der Waals surface area contributed by atoms with Crippen molar-refractivity contribution in [2.75, 3.05) is 25.6 Å². The summed E-state index contributed by atoms with van der Waals surface area (Å²) in [6.07, 6.45) is 0.735. The van der Waals surface area contributed by atoms with E-state index in [1.165, 1.54) is 0 Å². The quantitative estimate of drug-likeness (QED) is 0.699. The van der Waals surface area contributed by atoms with Crippen molar-refractivity contribution in [1.29, 1.82) is 0 Å². The first-order valence-electron chi connectivity index (χ1n) is 6.47. The molecule has 1 aromatic carbocycles. The number of carbonyl (C=O) groups is 2. The van der Waals surface area contributed by atoms with Gasteiger partial charge in [0.05, 0.1) is 19.1 Å². The maximum atomic E-state index is 12.1. The standard InChI is InChI=1S/C14H18N2O4/c1-20-8-11(4-5-17)15-14(19)9-2-3-12-10(6-9)7-13(18)16-12/h2-3,6,11,17H,4-5,7-8H2,1H3,(H,15,19)(H,16,18). The van der Waals surface area contributed by atoms with Crippen molar-refractivity contribution in [3.63, 3.8) is 0 Å². The van der Waals surface area contributed by atoms with Crippen molar-refractivity contribution < 1.29 is 19.4 Å². The lowest BCUT2D eigenvalue weighted by Gasteiger charge is -2.17. The smallest absolute Gasteiger partial charge is 0.251 e. The Morgan fingerprint density at radius 1 is 1.55 bits per heavy atom. The Kier molecular flexibility index (Phi) is 4.70. The summed E-state index contributed by atoms with van der Waals surface area (Å²) < 4.78 is 5.00. The van der Waals surface area contributed by atoms with Gasteiger partial charge in [0, 0.05) is 25.0 Å². The zero-order valence-corrected chi connectivity index (χ0v) is 11.3. The van der Waals surface area contributed by atoms with E-state index in [0.29, 0.717) is 25.0 Å². The Hall–Kier alpha value is -1.92. The van der Waals surface area contributed by atoms with Crippen LogP contribution in [0.2, 0.25) is 0 Å². The van der Waals surface area contributed by atoms with Crippen molar-refractivity contribution in [3.05, 3.63) is 29.3 Å². The summed E-state index contributed by atoms with van der Waals surface area (Å²) in [7, 11) is 1.54. The molecule has 0 radical (unpaired) electrons. The molecule has 1 aliphatic rings. The number of methoxy groups -OCH3 is 1. The van der Waals surface area contributed by atoms with Gasteiger partial charge in [-0.1, -0.05) is 0 Å². The van der Waals surface area contributed by atoms with Crippen LogP contribution in [0.3, 0.4) is 0 Å². The van der Waals surface area contributed by atoms with Crippen LogP contribution in [-0.4, -0.2) is 43.3 Å². The molecule has 2 rings (SSSR count). The monoisotopic (exact) mass is 278 g/mol. The second kappa shape index (κ2) is 6.49. The number of hydrogen-bond donors (Lipinski definition) is 3. The molecular formula is C14H18N2O4. The molecule has 2 amide bonds. The number of rotatable bonds is 6. The van der Waals surface area contributed by atoms with E-state index < -0.39 is 0 Å². The Labute approximate surface area is 117 Å². The number of aliphatic hydroxyl groups is 1. The zero-order valence-electron chi connectivity index (χ0n) is 11.3. The molecule has 3 N–H and O–H groups in total. The van der Waals surface area contributed by atoms with Gasteiger partial charge in [-0.15, -0.1) is 0 Å². The largest absolute Gasteiger partial charge is 0.396 e. The molecule has 1 atom stereocenters. The van der Waals surface area contributed by atoms with Gasteiger partial charge < -0.3 is 20.5 Å². The molecule has 0 spiro atoms. The van der Waals surface area contributed by atoms with E-state index in [1.54, 1.807) is 25.3 Å². The van der Waals surface area contributed by atoms with E-state index >= 15 is 0 Å². The van der Waals surface area contributed by atoms with Crippen molar-refractivity contribution in [1.82, 2.24) is 5.32 Å². The van der Waals surface area contributed by atoms with Gasteiger partial charge in [-0.05, 0) is 30.2 Å². The number of ether oxygens (including phenoxy) is 1. The first-order chi connectivity index (χ1) is 9.63. The fourth-order valence-electron chi connectivity index (χ4n) is 2.19. The molecule has 1 aromatic rings. The number of carbonyl (C=O) groups excluding carboxylic acids is 2. The fraction of sp³-hybridized carbons (Fsp3) is 0.429. The Balaban J connectivity index is 2.06. The predicted molar refractivity (Wildman–Crippen MR) is 73.6 cm³/mol. The summed E-state index contributed by atoms with van der Waals surface area (Å²) in [5.74, 6) is -0.294. The molecule has 20 heavy (non-hydrogen) atoms. The maximum Gasteiger partial charge on any atom is 0.251 e. The first-order valence-corrected chi connectivity index (χ1v) is 6.47. The van der Waals surface area contributed by atoms with Crippen LogP contribution in [0.4, 0.5) is 5.69 Å². The highest BCUT2D eigenvalue weighted by atomic mass is 16.5. The van der Waals surface area contributed by atoms with Gasteiger partial charge in [-0.25, -0.2) is 0 Å². The van der Waals surface area contributed by atoms with Crippen LogP contribution in [-0.2, 0) is 16.0 Å². The van der Waals surface area contributed by atoms with Gasteiger partial charge in [0.15, 0.2) is 0 Å². The minimum atomic E-state index is -0.234. The summed E-state index contributed by atoms with van der Waals surface area (Å²) in [6.45, 7) is 0.328.